The lowest BCUT2D eigenvalue weighted by molar-refractivity contribution is 0.0691. The largest absolute Gasteiger partial charge is 0.329 e. The highest BCUT2D eigenvalue weighted by Gasteiger charge is 2.33. The fourth-order valence-electron chi connectivity index (χ4n) is 4.33. The third kappa shape index (κ3) is 4.19. The number of hydrogen-bond donors (Lipinski definition) is 1. The Bertz CT molecular complexity index is 240. The molecular weight excluding hydrogens is 232 g/mol. The van der Waals surface area contributed by atoms with E-state index in [4.69, 9.17) is 5.73 Å². The van der Waals surface area contributed by atoms with Crippen molar-refractivity contribution in [1.29, 1.82) is 0 Å². The maximum Gasteiger partial charge on any atom is 0.0249 e. The molecule has 0 aromatic rings. The molecule has 2 saturated carbocycles. The Morgan fingerprint density at radius 3 is 2.05 bits per heavy atom. The van der Waals surface area contributed by atoms with Crippen molar-refractivity contribution in [1.82, 2.24) is 4.90 Å². The van der Waals surface area contributed by atoms with Crippen molar-refractivity contribution in [2.24, 2.45) is 17.6 Å². The molecule has 1 unspecified atom stereocenters. The zero-order chi connectivity index (χ0) is 13.7. The highest BCUT2D eigenvalue weighted by atomic mass is 15.2. The molecule has 2 aliphatic rings. The number of nitrogens with zero attached hydrogens (tertiary/aromatic N) is 1. The van der Waals surface area contributed by atoms with Gasteiger partial charge in [0.05, 0.1) is 0 Å². The van der Waals surface area contributed by atoms with Crippen LogP contribution in [0.15, 0.2) is 0 Å². The quantitative estimate of drug-likeness (QED) is 0.792. The summed E-state index contributed by atoms with van der Waals surface area (Å²) in [4.78, 5) is 2.83. The molecule has 0 amide bonds. The van der Waals surface area contributed by atoms with Crippen LogP contribution in [-0.2, 0) is 0 Å². The summed E-state index contributed by atoms with van der Waals surface area (Å²) in [7, 11) is 0. The van der Waals surface area contributed by atoms with Crippen LogP contribution >= 0.6 is 0 Å². The minimum atomic E-state index is 0.658. The van der Waals surface area contributed by atoms with Crippen LogP contribution in [0.1, 0.15) is 71.6 Å². The standard InChI is InChI=1S/C17H34N2/c1-14(2)13-19(16-10-6-7-11-16)17(12-18)15-8-4-3-5-9-15/h14-17H,3-13,18H2,1-2H3. The zero-order valence-electron chi connectivity index (χ0n) is 13.1. The lowest BCUT2D eigenvalue weighted by atomic mass is 9.82. The van der Waals surface area contributed by atoms with Gasteiger partial charge in [-0.25, -0.2) is 0 Å². The van der Waals surface area contributed by atoms with Gasteiger partial charge in [-0.2, -0.15) is 0 Å². The van der Waals surface area contributed by atoms with Crippen molar-refractivity contribution in [2.45, 2.75) is 83.7 Å². The molecule has 0 heterocycles. The van der Waals surface area contributed by atoms with E-state index in [0.717, 1.165) is 24.4 Å². The van der Waals surface area contributed by atoms with E-state index in [1.807, 2.05) is 0 Å². The van der Waals surface area contributed by atoms with E-state index >= 15 is 0 Å². The molecule has 2 rings (SSSR count). The molecule has 0 radical (unpaired) electrons. The molecule has 1 atom stereocenters. The summed E-state index contributed by atoms with van der Waals surface area (Å²) in [6.07, 6.45) is 12.8. The van der Waals surface area contributed by atoms with Crippen LogP contribution < -0.4 is 5.73 Å². The first-order valence-electron chi connectivity index (χ1n) is 8.68. The Kier molecular flexibility index (Phi) is 6.15. The summed E-state index contributed by atoms with van der Waals surface area (Å²) in [6.45, 7) is 6.84. The molecule has 0 bridgehead atoms. The SMILES string of the molecule is CC(C)CN(C1CCCC1)C(CN)C1CCCCC1. The van der Waals surface area contributed by atoms with Crippen LogP contribution in [0.4, 0.5) is 0 Å². The van der Waals surface area contributed by atoms with Crippen LogP contribution in [-0.4, -0.2) is 30.1 Å². The summed E-state index contributed by atoms with van der Waals surface area (Å²) in [6, 6.07) is 1.49. The fourth-order valence-corrected chi connectivity index (χ4v) is 4.33. The van der Waals surface area contributed by atoms with Crippen LogP contribution in [0.2, 0.25) is 0 Å². The van der Waals surface area contributed by atoms with Crippen molar-refractivity contribution in [3.8, 4) is 0 Å². The summed E-state index contributed by atoms with van der Waals surface area (Å²) in [5, 5.41) is 0. The first-order chi connectivity index (χ1) is 9.22. The molecule has 0 aromatic carbocycles. The molecule has 0 aliphatic heterocycles. The van der Waals surface area contributed by atoms with Gasteiger partial charge in [0.25, 0.3) is 0 Å². The first kappa shape index (κ1) is 15.3. The first-order valence-corrected chi connectivity index (χ1v) is 8.68. The Morgan fingerprint density at radius 1 is 0.947 bits per heavy atom. The van der Waals surface area contributed by atoms with Crippen molar-refractivity contribution >= 4 is 0 Å². The van der Waals surface area contributed by atoms with Crippen molar-refractivity contribution in [3.05, 3.63) is 0 Å². The summed E-state index contributed by atoms with van der Waals surface area (Å²) in [5.74, 6) is 1.64. The van der Waals surface area contributed by atoms with E-state index in [0.29, 0.717) is 6.04 Å². The Labute approximate surface area is 120 Å². The monoisotopic (exact) mass is 266 g/mol. The number of hydrogen-bond acceptors (Lipinski definition) is 2. The molecule has 0 spiro atoms. The van der Waals surface area contributed by atoms with Gasteiger partial charge in [-0.1, -0.05) is 46.0 Å². The van der Waals surface area contributed by atoms with Gasteiger partial charge >= 0.3 is 0 Å². The Morgan fingerprint density at radius 2 is 1.53 bits per heavy atom. The molecule has 19 heavy (non-hydrogen) atoms. The van der Waals surface area contributed by atoms with Gasteiger partial charge in [-0.05, 0) is 37.5 Å². The number of rotatable bonds is 6. The lowest BCUT2D eigenvalue weighted by Gasteiger charge is -2.42. The third-order valence-electron chi connectivity index (χ3n) is 5.23. The van der Waals surface area contributed by atoms with Crippen LogP contribution in [0.5, 0.6) is 0 Å². The predicted molar refractivity (Wildman–Crippen MR) is 83.2 cm³/mol. The summed E-state index contributed by atoms with van der Waals surface area (Å²) >= 11 is 0. The number of nitrogens with two attached hydrogens (primary N) is 1. The van der Waals surface area contributed by atoms with E-state index in [1.165, 1.54) is 64.3 Å². The average molecular weight is 266 g/mol. The van der Waals surface area contributed by atoms with Crippen LogP contribution in [0, 0.1) is 11.8 Å². The lowest BCUT2D eigenvalue weighted by Crippen LogP contribution is -2.51. The van der Waals surface area contributed by atoms with Gasteiger partial charge in [-0.15, -0.1) is 0 Å². The van der Waals surface area contributed by atoms with E-state index in [2.05, 4.69) is 18.7 Å². The molecule has 2 heteroatoms. The van der Waals surface area contributed by atoms with Crippen molar-refractivity contribution in [2.75, 3.05) is 13.1 Å². The van der Waals surface area contributed by atoms with Gasteiger partial charge in [0.1, 0.15) is 0 Å². The van der Waals surface area contributed by atoms with Gasteiger partial charge in [0.15, 0.2) is 0 Å². The second-order valence-corrected chi connectivity index (χ2v) is 7.23. The molecular formula is C17H34N2. The predicted octanol–water partition coefficient (Wildman–Crippen LogP) is 3.79. The topological polar surface area (TPSA) is 29.3 Å². The third-order valence-corrected chi connectivity index (χ3v) is 5.23. The van der Waals surface area contributed by atoms with Gasteiger partial charge in [0, 0.05) is 25.2 Å². The molecule has 0 aromatic heterocycles. The molecule has 2 fully saturated rings. The Balaban J connectivity index is 2.03. The highest BCUT2D eigenvalue weighted by Crippen LogP contribution is 2.33. The van der Waals surface area contributed by atoms with Gasteiger partial charge in [0.2, 0.25) is 0 Å². The van der Waals surface area contributed by atoms with Gasteiger partial charge < -0.3 is 5.73 Å². The molecule has 0 saturated heterocycles. The Hall–Kier alpha value is -0.0800. The minimum absolute atomic E-state index is 0.658. The zero-order valence-corrected chi connectivity index (χ0v) is 13.1. The van der Waals surface area contributed by atoms with Crippen LogP contribution in [0.3, 0.4) is 0 Å². The summed E-state index contributed by atoms with van der Waals surface area (Å²) in [5.41, 5.74) is 6.21. The smallest absolute Gasteiger partial charge is 0.0249 e. The van der Waals surface area contributed by atoms with E-state index in [-0.39, 0.29) is 0 Å². The van der Waals surface area contributed by atoms with E-state index in [9.17, 15) is 0 Å². The van der Waals surface area contributed by atoms with Gasteiger partial charge in [-0.3, -0.25) is 4.90 Å². The molecule has 2 aliphatic carbocycles. The molecule has 2 N–H and O–H groups in total. The molecule has 2 nitrogen and oxygen atoms in total. The minimum Gasteiger partial charge on any atom is -0.329 e. The van der Waals surface area contributed by atoms with Crippen molar-refractivity contribution < 1.29 is 0 Å². The fraction of sp³-hybridized carbons (Fsp3) is 1.00. The van der Waals surface area contributed by atoms with Crippen molar-refractivity contribution in [3.63, 3.8) is 0 Å². The average Bonchev–Trinajstić information content (AvgIpc) is 2.93. The van der Waals surface area contributed by atoms with E-state index < -0.39 is 0 Å². The molecule has 112 valence electrons. The van der Waals surface area contributed by atoms with E-state index in [1.54, 1.807) is 0 Å². The maximum absolute atomic E-state index is 6.21. The second kappa shape index (κ2) is 7.64. The maximum atomic E-state index is 6.21. The highest BCUT2D eigenvalue weighted by molar-refractivity contribution is 4.88. The second-order valence-electron chi connectivity index (χ2n) is 7.23. The normalized spacial score (nSPS) is 24.5. The van der Waals surface area contributed by atoms with Crippen LogP contribution in [0.25, 0.3) is 0 Å². The summed E-state index contributed by atoms with van der Waals surface area (Å²) < 4.78 is 0.